The monoisotopic (exact) mass is 356 g/mol. The zero-order valence-electron chi connectivity index (χ0n) is 16.1. The zero-order valence-corrected chi connectivity index (χ0v) is 16.1. The first-order valence-electron chi connectivity index (χ1n) is 9.38. The van der Waals surface area contributed by atoms with E-state index in [1.54, 1.807) is 0 Å². The van der Waals surface area contributed by atoms with Crippen LogP contribution in [-0.2, 0) is 22.4 Å². The standard InChI is InChI=1S/C21H28N2O3/c1-5-10-17-15(7-3)20(16-11-8-9-12-18(16)23-17)21(25)26-13-19(24)22-14(4)6-2/h8-9,11-12,14H,5-7,10,13H2,1-4H3,(H,22,24). The number of esters is 1. The van der Waals surface area contributed by atoms with Gasteiger partial charge in [-0.05, 0) is 37.8 Å². The first-order chi connectivity index (χ1) is 12.5. The number of fused-ring (bicyclic) bond motifs is 1. The highest BCUT2D eigenvalue weighted by Crippen LogP contribution is 2.26. The molecule has 2 rings (SSSR count). The number of amides is 1. The Morgan fingerprint density at radius 2 is 1.92 bits per heavy atom. The summed E-state index contributed by atoms with van der Waals surface area (Å²) in [5.74, 6) is -0.741. The molecule has 1 atom stereocenters. The molecule has 1 aromatic heterocycles. The lowest BCUT2D eigenvalue weighted by Gasteiger charge is -2.16. The van der Waals surface area contributed by atoms with Crippen molar-refractivity contribution in [2.45, 2.75) is 59.4 Å². The molecule has 0 fully saturated rings. The van der Waals surface area contributed by atoms with E-state index >= 15 is 0 Å². The van der Waals surface area contributed by atoms with E-state index in [4.69, 9.17) is 9.72 Å². The summed E-state index contributed by atoms with van der Waals surface area (Å²) in [6, 6.07) is 7.64. The van der Waals surface area contributed by atoms with Gasteiger partial charge in [0.2, 0.25) is 0 Å². The predicted molar refractivity (Wildman–Crippen MR) is 103 cm³/mol. The lowest BCUT2D eigenvalue weighted by atomic mass is 9.96. The lowest BCUT2D eigenvalue weighted by Crippen LogP contribution is -2.35. The second-order valence-electron chi connectivity index (χ2n) is 6.49. The second-order valence-corrected chi connectivity index (χ2v) is 6.49. The molecule has 1 aromatic carbocycles. The van der Waals surface area contributed by atoms with Gasteiger partial charge in [0.15, 0.2) is 6.61 Å². The van der Waals surface area contributed by atoms with Gasteiger partial charge in [-0.25, -0.2) is 4.79 Å². The van der Waals surface area contributed by atoms with Crippen LogP contribution in [0.2, 0.25) is 0 Å². The summed E-state index contributed by atoms with van der Waals surface area (Å²) in [5.41, 5.74) is 3.17. The number of carbonyl (C=O) groups excluding carboxylic acids is 2. The zero-order chi connectivity index (χ0) is 19.1. The van der Waals surface area contributed by atoms with Gasteiger partial charge >= 0.3 is 5.97 Å². The van der Waals surface area contributed by atoms with Crippen LogP contribution in [0.15, 0.2) is 24.3 Å². The summed E-state index contributed by atoms with van der Waals surface area (Å²) in [6.07, 6.45) is 3.28. The molecular weight excluding hydrogens is 328 g/mol. The molecule has 0 saturated heterocycles. The van der Waals surface area contributed by atoms with Gasteiger partial charge < -0.3 is 10.1 Å². The van der Waals surface area contributed by atoms with E-state index in [1.165, 1.54) is 0 Å². The van der Waals surface area contributed by atoms with Crippen molar-refractivity contribution in [1.29, 1.82) is 0 Å². The Hall–Kier alpha value is -2.43. The third-order valence-electron chi connectivity index (χ3n) is 4.48. The number of hydrogen-bond acceptors (Lipinski definition) is 4. The fourth-order valence-electron chi connectivity index (χ4n) is 2.98. The van der Waals surface area contributed by atoms with E-state index in [0.29, 0.717) is 12.0 Å². The number of hydrogen-bond donors (Lipinski definition) is 1. The van der Waals surface area contributed by atoms with Crippen molar-refractivity contribution in [3.63, 3.8) is 0 Å². The summed E-state index contributed by atoms with van der Waals surface area (Å²) in [4.78, 5) is 29.5. The number of carbonyl (C=O) groups is 2. The van der Waals surface area contributed by atoms with Crippen LogP contribution in [0, 0.1) is 0 Å². The summed E-state index contributed by atoms with van der Waals surface area (Å²) >= 11 is 0. The van der Waals surface area contributed by atoms with Gasteiger partial charge in [0.1, 0.15) is 0 Å². The number of ether oxygens (including phenoxy) is 1. The van der Waals surface area contributed by atoms with Crippen molar-refractivity contribution >= 4 is 22.8 Å². The quantitative estimate of drug-likeness (QED) is 0.730. The van der Waals surface area contributed by atoms with Crippen LogP contribution in [0.5, 0.6) is 0 Å². The van der Waals surface area contributed by atoms with Crippen LogP contribution in [0.4, 0.5) is 0 Å². The number of nitrogens with zero attached hydrogens (tertiary/aromatic N) is 1. The maximum absolute atomic E-state index is 12.8. The minimum Gasteiger partial charge on any atom is -0.452 e. The van der Waals surface area contributed by atoms with Gasteiger partial charge in [-0.15, -0.1) is 0 Å². The van der Waals surface area contributed by atoms with Gasteiger partial charge in [-0.3, -0.25) is 9.78 Å². The fourth-order valence-corrected chi connectivity index (χ4v) is 2.98. The highest BCUT2D eigenvalue weighted by molar-refractivity contribution is 6.05. The number of aryl methyl sites for hydroxylation is 1. The molecule has 0 aliphatic carbocycles. The molecule has 26 heavy (non-hydrogen) atoms. The van der Waals surface area contributed by atoms with Crippen molar-refractivity contribution in [2.75, 3.05) is 6.61 Å². The number of rotatable bonds is 8. The molecule has 1 amide bonds. The largest absolute Gasteiger partial charge is 0.452 e. The Morgan fingerprint density at radius 1 is 1.19 bits per heavy atom. The topological polar surface area (TPSA) is 68.3 Å². The van der Waals surface area contributed by atoms with Crippen LogP contribution in [0.3, 0.4) is 0 Å². The highest BCUT2D eigenvalue weighted by Gasteiger charge is 2.21. The van der Waals surface area contributed by atoms with E-state index < -0.39 is 5.97 Å². The molecule has 0 bridgehead atoms. The molecule has 1 heterocycles. The average Bonchev–Trinajstić information content (AvgIpc) is 2.65. The van der Waals surface area contributed by atoms with E-state index in [1.807, 2.05) is 45.0 Å². The van der Waals surface area contributed by atoms with Crippen LogP contribution in [-0.4, -0.2) is 29.5 Å². The minimum atomic E-state index is -0.461. The molecular formula is C21H28N2O3. The Balaban J connectivity index is 2.34. The second kappa shape index (κ2) is 9.32. The van der Waals surface area contributed by atoms with Crippen molar-refractivity contribution in [1.82, 2.24) is 10.3 Å². The normalized spacial score (nSPS) is 12.0. The Bertz CT molecular complexity index is 786. The molecule has 140 valence electrons. The summed E-state index contributed by atoms with van der Waals surface area (Å²) in [6.45, 7) is 7.74. The third-order valence-corrected chi connectivity index (χ3v) is 4.48. The van der Waals surface area contributed by atoms with E-state index in [9.17, 15) is 9.59 Å². The van der Waals surface area contributed by atoms with Crippen LogP contribution < -0.4 is 5.32 Å². The highest BCUT2D eigenvalue weighted by atomic mass is 16.5. The van der Waals surface area contributed by atoms with Gasteiger partial charge in [0, 0.05) is 17.1 Å². The maximum atomic E-state index is 12.8. The average molecular weight is 356 g/mol. The molecule has 5 heteroatoms. The molecule has 0 aliphatic rings. The Morgan fingerprint density at radius 3 is 2.58 bits per heavy atom. The smallest absolute Gasteiger partial charge is 0.339 e. The van der Waals surface area contributed by atoms with Crippen molar-refractivity contribution in [2.24, 2.45) is 0 Å². The van der Waals surface area contributed by atoms with E-state index in [-0.39, 0.29) is 18.6 Å². The molecule has 1 unspecified atom stereocenters. The van der Waals surface area contributed by atoms with Crippen molar-refractivity contribution < 1.29 is 14.3 Å². The van der Waals surface area contributed by atoms with Gasteiger partial charge in [0.25, 0.3) is 5.91 Å². The lowest BCUT2D eigenvalue weighted by molar-refractivity contribution is -0.124. The third kappa shape index (κ3) is 4.59. The van der Waals surface area contributed by atoms with E-state index in [0.717, 1.165) is 41.4 Å². The number of para-hydroxylation sites is 1. The number of nitrogens with one attached hydrogen (secondary N) is 1. The molecule has 0 saturated carbocycles. The van der Waals surface area contributed by atoms with Crippen LogP contribution >= 0.6 is 0 Å². The molecule has 2 aromatic rings. The SMILES string of the molecule is CCCc1nc2ccccc2c(C(=O)OCC(=O)NC(C)CC)c1CC. The maximum Gasteiger partial charge on any atom is 0.339 e. The molecule has 5 nitrogen and oxygen atoms in total. The van der Waals surface area contributed by atoms with Crippen LogP contribution in [0.1, 0.15) is 62.2 Å². The van der Waals surface area contributed by atoms with Crippen molar-refractivity contribution in [3.8, 4) is 0 Å². The minimum absolute atomic E-state index is 0.0605. The first-order valence-corrected chi connectivity index (χ1v) is 9.38. The first kappa shape index (κ1) is 19.9. The molecule has 0 spiro atoms. The van der Waals surface area contributed by atoms with Gasteiger partial charge in [-0.1, -0.05) is 45.4 Å². The van der Waals surface area contributed by atoms with E-state index in [2.05, 4.69) is 12.2 Å². The molecule has 1 N–H and O–H groups in total. The fraction of sp³-hybridized carbons (Fsp3) is 0.476. The van der Waals surface area contributed by atoms with Crippen molar-refractivity contribution in [3.05, 3.63) is 41.1 Å². The number of benzene rings is 1. The number of aromatic nitrogens is 1. The van der Waals surface area contributed by atoms with Gasteiger partial charge in [-0.2, -0.15) is 0 Å². The van der Waals surface area contributed by atoms with Crippen LogP contribution in [0.25, 0.3) is 10.9 Å². The summed E-state index contributed by atoms with van der Waals surface area (Å²) in [7, 11) is 0. The van der Waals surface area contributed by atoms with Gasteiger partial charge in [0.05, 0.1) is 11.1 Å². The Kier molecular flexibility index (Phi) is 7.13. The number of pyridine rings is 1. The molecule has 0 aliphatic heterocycles. The Labute approximate surface area is 155 Å². The predicted octanol–water partition coefficient (Wildman–Crippen LogP) is 3.82. The summed E-state index contributed by atoms with van der Waals surface area (Å²) in [5, 5.41) is 3.58. The molecule has 0 radical (unpaired) electrons. The summed E-state index contributed by atoms with van der Waals surface area (Å²) < 4.78 is 5.34.